The smallest absolute Gasteiger partial charge is 0.352 e. The van der Waals surface area contributed by atoms with Gasteiger partial charge in [0.15, 0.2) is 11.6 Å². The van der Waals surface area contributed by atoms with Gasteiger partial charge in [-0.3, -0.25) is 9.59 Å². The first-order valence-corrected chi connectivity index (χ1v) is 11.8. The molecule has 0 amide bonds. The molecule has 1 N–H and O–H groups in total. The summed E-state index contributed by atoms with van der Waals surface area (Å²) in [5.41, 5.74) is 1.18. The van der Waals surface area contributed by atoms with Crippen LogP contribution in [-0.4, -0.2) is 30.6 Å². The second-order valence-electron chi connectivity index (χ2n) is 8.66. The van der Waals surface area contributed by atoms with Gasteiger partial charge >= 0.3 is 11.4 Å². The molecule has 174 valence electrons. The van der Waals surface area contributed by atoms with E-state index in [0.717, 1.165) is 4.57 Å². The monoisotopic (exact) mass is 531 g/mol. The molecule has 1 aromatic heterocycles. The van der Waals surface area contributed by atoms with E-state index in [9.17, 15) is 24.3 Å². The van der Waals surface area contributed by atoms with Crippen LogP contribution in [0.1, 0.15) is 23.9 Å². The highest BCUT2D eigenvalue weighted by Crippen LogP contribution is 2.51. The number of phenolic OH excluding ortho intramolecular Hbond substituents is 1. The van der Waals surface area contributed by atoms with Crippen LogP contribution in [0.2, 0.25) is 0 Å². The summed E-state index contributed by atoms with van der Waals surface area (Å²) >= 11 is 3.19. The number of aromatic hydroxyl groups is 1. The Labute approximate surface area is 206 Å². The number of rotatable bonds is 2. The molecule has 0 bridgehead atoms. The van der Waals surface area contributed by atoms with Gasteiger partial charge in [0.1, 0.15) is 5.75 Å². The van der Waals surface area contributed by atoms with Gasteiger partial charge in [0, 0.05) is 35.1 Å². The minimum absolute atomic E-state index is 0.0167. The number of halogens is 1. The Kier molecular flexibility index (Phi) is 4.79. The van der Waals surface area contributed by atoms with E-state index in [1.54, 1.807) is 48.5 Å². The first-order valence-electron chi connectivity index (χ1n) is 11.1. The van der Waals surface area contributed by atoms with Crippen molar-refractivity contribution in [1.29, 1.82) is 0 Å². The van der Waals surface area contributed by atoms with E-state index in [4.69, 9.17) is 0 Å². The molecular formula is C26H18BrN3O5. The van der Waals surface area contributed by atoms with Crippen LogP contribution in [0.5, 0.6) is 5.75 Å². The number of nitrogens with zero attached hydrogens (tertiary/aromatic N) is 3. The Bertz CT molecular complexity index is 1650. The maximum atomic E-state index is 13.6. The Hall–Kier alpha value is -3.98. The van der Waals surface area contributed by atoms with Crippen LogP contribution >= 0.6 is 15.9 Å². The number of allylic oxidation sites excluding steroid dienone is 6. The van der Waals surface area contributed by atoms with Crippen molar-refractivity contribution in [3.63, 3.8) is 0 Å². The topological polar surface area (TPSA) is 103 Å². The van der Waals surface area contributed by atoms with Crippen LogP contribution in [0.3, 0.4) is 0 Å². The maximum absolute atomic E-state index is 13.6. The second-order valence-corrected chi connectivity index (χ2v) is 9.51. The summed E-state index contributed by atoms with van der Waals surface area (Å²) in [6.07, 6.45) is 3.16. The molecule has 3 aromatic rings. The zero-order valence-corrected chi connectivity index (χ0v) is 19.8. The molecule has 2 unspecified atom stereocenters. The average Bonchev–Trinajstić information content (AvgIpc) is 3.12. The molecule has 9 heteroatoms. The van der Waals surface area contributed by atoms with E-state index >= 15 is 0 Å². The van der Waals surface area contributed by atoms with E-state index in [-0.39, 0.29) is 40.3 Å². The molecule has 0 radical (unpaired) electrons. The minimum atomic E-state index is -0.728. The van der Waals surface area contributed by atoms with Gasteiger partial charge in [-0.1, -0.05) is 42.5 Å². The summed E-state index contributed by atoms with van der Waals surface area (Å²) in [7, 11) is 0. The number of carbonyl (C=O) groups excluding carboxylic acids is 2. The summed E-state index contributed by atoms with van der Waals surface area (Å²) < 4.78 is 3.99. The molecule has 0 fully saturated rings. The van der Waals surface area contributed by atoms with Crippen molar-refractivity contribution in [2.75, 3.05) is 0 Å². The standard InChI is InChI=1S/C26H18BrN3O5/c27-18-13-21(32)23-17(24(18)33)12-19-15(22(23)16-8-4-5-9-20(16)31)10-11-28-25(34)29(26(35)30(19)28)14-6-2-1-3-7-14/h1-10,13,19,22,31H,11-12H2. The van der Waals surface area contributed by atoms with E-state index < -0.39 is 23.3 Å². The quantitative estimate of drug-likeness (QED) is 0.404. The summed E-state index contributed by atoms with van der Waals surface area (Å²) in [6, 6.07) is 14.6. The predicted molar refractivity (Wildman–Crippen MR) is 131 cm³/mol. The van der Waals surface area contributed by atoms with Gasteiger partial charge in [0.05, 0.1) is 22.8 Å². The third-order valence-corrected chi connectivity index (χ3v) is 7.45. The molecule has 2 atom stereocenters. The highest BCUT2D eigenvalue weighted by molar-refractivity contribution is 9.12. The van der Waals surface area contributed by atoms with Crippen molar-refractivity contribution < 1.29 is 14.7 Å². The molecule has 0 spiro atoms. The van der Waals surface area contributed by atoms with Gasteiger partial charge in [0.25, 0.3) is 0 Å². The summed E-state index contributed by atoms with van der Waals surface area (Å²) in [5.74, 6) is -1.41. The van der Waals surface area contributed by atoms with Crippen molar-refractivity contribution in [2.24, 2.45) is 0 Å². The molecule has 0 saturated carbocycles. The molecule has 2 aromatic carbocycles. The van der Waals surface area contributed by atoms with Crippen LogP contribution < -0.4 is 11.4 Å². The molecule has 35 heavy (non-hydrogen) atoms. The SMILES string of the molecule is O=C1C=C(Br)C(=O)C2=C1C(c1ccccc1O)C1=CCn3c(=O)n(-c4ccccc4)c(=O)n3C1C2. The van der Waals surface area contributed by atoms with Crippen LogP contribution in [0.15, 0.2) is 97.5 Å². The summed E-state index contributed by atoms with van der Waals surface area (Å²) in [6.45, 7) is 0.119. The molecule has 3 aliphatic rings. The lowest BCUT2D eigenvalue weighted by molar-refractivity contribution is -0.115. The third kappa shape index (κ3) is 3.04. The second kappa shape index (κ2) is 7.78. The highest BCUT2D eigenvalue weighted by Gasteiger charge is 2.45. The fraction of sp³-hybridized carbons (Fsp3) is 0.154. The number of hydrogen-bond acceptors (Lipinski definition) is 5. The highest BCUT2D eigenvalue weighted by atomic mass is 79.9. The Morgan fingerprint density at radius 1 is 0.914 bits per heavy atom. The third-order valence-electron chi connectivity index (χ3n) is 6.86. The van der Waals surface area contributed by atoms with Crippen molar-refractivity contribution in [1.82, 2.24) is 13.9 Å². The van der Waals surface area contributed by atoms with Crippen molar-refractivity contribution in [3.05, 3.63) is 114 Å². The molecule has 6 rings (SSSR count). The zero-order valence-electron chi connectivity index (χ0n) is 18.2. The molecule has 8 nitrogen and oxygen atoms in total. The predicted octanol–water partition coefficient (Wildman–Crippen LogP) is 2.90. The Morgan fingerprint density at radius 2 is 1.63 bits per heavy atom. The van der Waals surface area contributed by atoms with E-state index in [2.05, 4.69) is 15.9 Å². The molecule has 2 heterocycles. The van der Waals surface area contributed by atoms with Crippen LogP contribution in [0, 0.1) is 0 Å². The average molecular weight is 532 g/mol. The minimum Gasteiger partial charge on any atom is -0.508 e. The fourth-order valence-corrected chi connectivity index (χ4v) is 5.81. The van der Waals surface area contributed by atoms with Crippen molar-refractivity contribution in [3.8, 4) is 11.4 Å². The van der Waals surface area contributed by atoms with Crippen LogP contribution in [0.25, 0.3) is 5.69 Å². The van der Waals surface area contributed by atoms with Crippen LogP contribution in [-0.2, 0) is 16.1 Å². The molecule has 2 aliphatic carbocycles. The number of aromatic nitrogens is 3. The van der Waals surface area contributed by atoms with Gasteiger partial charge < -0.3 is 5.11 Å². The number of hydrogen-bond donors (Lipinski definition) is 1. The first-order chi connectivity index (χ1) is 16.9. The van der Waals surface area contributed by atoms with Gasteiger partial charge in [-0.15, -0.1) is 0 Å². The summed E-state index contributed by atoms with van der Waals surface area (Å²) in [4.78, 5) is 53.2. The van der Waals surface area contributed by atoms with Crippen molar-refractivity contribution >= 4 is 27.5 Å². The molecular weight excluding hydrogens is 514 g/mol. The summed E-state index contributed by atoms with van der Waals surface area (Å²) in [5, 5.41) is 10.7. The molecule has 0 saturated heterocycles. The van der Waals surface area contributed by atoms with E-state index in [1.165, 1.54) is 21.5 Å². The Balaban J connectivity index is 1.61. The maximum Gasteiger partial charge on any atom is 0.352 e. The number of phenols is 1. The fourth-order valence-electron chi connectivity index (χ4n) is 5.36. The number of fused-ring (bicyclic) bond motifs is 3. The number of Topliss-reactive ketones (excluding diaryl/α,β-unsaturated/α-hetero) is 1. The molecule has 1 aliphatic heterocycles. The lowest BCUT2D eigenvalue weighted by atomic mass is 9.68. The number of benzene rings is 2. The normalized spacial score (nSPS) is 21.2. The number of para-hydroxylation sites is 2. The van der Waals surface area contributed by atoms with Crippen molar-refractivity contribution in [2.45, 2.75) is 24.9 Å². The first kappa shape index (κ1) is 21.5. The largest absolute Gasteiger partial charge is 0.508 e. The lowest BCUT2D eigenvalue weighted by Gasteiger charge is -2.39. The van der Waals surface area contributed by atoms with Gasteiger partial charge in [0.2, 0.25) is 0 Å². The van der Waals surface area contributed by atoms with Gasteiger partial charge in [-0.2, -0.15) is 0 Å². The van der Waals surface area contributed by atoms with E-state index in [0.29, 0.717) is 22.4 Å². The van der Waals surface area contributed by atoms with Gasteiger partial charge in [-0.25, -0.2) is 23.5 Å². The van der Waals surface area contributed by atoms with Crippen LogP contribution in [0.4, 0.5) is 0 Å². The number of ketones is 2. The number of carbonyl (C=O) groups is 2. The Morgan fingerprint density at radius 3 is 2.37 bits per heavy atom. The van der Waals surface area contributed by atoms with E-state index in [1.807, 2.05) is 6.08 Å². The lowest BCUT2D eigenvalue weighted by Crippen LogP contribution is -2.40. The van der Waals surface area contributed by atoms with Gasteiger partial charge in [-0.05, 0) is 39.7 Å². The zero-order chi connectivity index (χ0) is 24.4.